The molecule has 7 nitrogen and oxygen atoms in total. The quantitative estimate of drug-likeness (QED) is 0.490. The number of fused-ring (bicyclic) bond motifs is 1. The predicted molar refractivity (Wildman–Crippen MR) is 87.3 cm³/mol. The summed E-state index contributed by atoms with van der Waals surface area (Å²) in [6.07, 6.45) is 0.726. The molecule has 1 aliphatic rings. The minimum absolute atomic E-state index is 0.0203. The van der Waals surface area contributed by atoms with Crippen molar-refractivity contribution in [3.05, 3.63) is 53.6 Å². The first-order valence-corrected chi connectivity index (χ1v) is 8.49. The zero-order chi connectivity index (χ0) is 16.4. The van der Waals surface area contributed by atoms with E-state index in [9.17, 15) is 13.2 Å². The molecule has 0 saturated carbocycles. The van der Waals surface area contributed by atoms with E-state index in [4.69, 9.17) is 5.73 Å². The lowest BCUT2D eigenvalue weighted by atomic mass is 10.0. The van der Waals surface area contributed by atoms with E-state index >= 15 is 0 Å². The number of carbonyl (C=O) groups is 1. The van der Waals surface area contributed by atoms with E-state index in [-0.39, 0.29) is 4.90 Å². The fourth-order valence-electron chi connectivity index (χ4n) is 2.44. The number of amides is 1. The fourth-order valence-corrected chi connectivity index (χ4v) is 3.28. The summed E-state index contributed by atoms with van der Waals surface area (Å²) in [5.74, 6) is -0.496. The Morgan fingerprint density at radius 1 is 1.13 bits per heavy atom. The molecule has 2 aromatic rings. The molecule has 0 aliphatic carbocycles. The summed E-state index contributed by atoms with van der Waals surface area (Å²) in [6.45, 7) is 0.761. The van der Waals surface area contributed by atoms with Crippen LogP contribution in [0, 0.1) is 0 Å². The first kappa shape index (κ1) is 15.3. The number of benzene rings is 2. The second kappa shape index (κ2) is 5.90. The summed E-state index contributed by atoms with van der Waals surface area (Å²) < 4.78 is 24.3. The molecule has 3 rings (SSSR count). The number of anilines is 2. The maximum atomic E-state index is 12.3. The topological polar surface area (TPSA) is 113 Å². The molecule has 0 radical (unpaired) electrons. The Balaban J connectivity index is 1.74. The van der Waals surface area contributed by atoms with Crippen molar-refractivity contribution < 1.29 is 13.2 Å². The van der Waals surface area contributed by atoms with Crippen LogP contribution in [0.4, 0.5) is 11.4 Å². The molecule has 0 aromatic heterocycles. The fraction of sp³-hybridized carbons (Fsp3) is 0.133. The number of nitrogen functional groups attached to an aromatic ring is 1. The highest BCUT2D eigenvalue weighted by Gasteiger charge is 2.20. The van der Waals surface area contributed by atoms with Gasteiger partial charge in [0.1, 0.15) is 0 Å². The third kappa shape index (κ3) is 3.13. The van der Waals surface area contributed by atoms with Gasteiger partial charge in [-0.1, -0.05) is 6.07 Å². The first-order valence-electron chi connectivity index (χ1n) is 7.01. The predicted octanol–water partition coefficient (Wildman–Crippen LogP) is 0.860. The van der Waals surface area contributed by atoms with Gasteiger partial charge in [0.15, 0.2) is 0 Å². The Labute approximate surface area is 133 Å². The zero-order valence-corrected chi connectivity index (χ0v) is 13.0. The van der Waals surface area contributed by atoms with Gasteiger partial charge in [0, 0.05) is 23.5 Å². The first-order chi connectivity index (χ1) is 11.0. The highest BCUT2D eigenvalue weighted by molar-refractivity contribution is 7.89. The standard InChI is InChI=1S/C15H16N4O3S/c16-10-4-6-11(7-5-10)23(21,22)19-18-15(20)13-2-1-3-14-12(13)8-9-17-14/h1-7,17,19H,8-9,16H2,(H,18,20). The smallest absolute Gasteiger partial charge is 0.266 e. The second-order valence-electron chi connectivity index (χ2n) is 5.14. The lowest BCUT2D eigenvalue weighted by Crippen LogP contribution is -2.41. The molecular formula is C15H16N4O3S. The zero-order valence-electron chi connectivity index (χ0n) is 12.2. The van der Waals surface area contributed by atoms with Gasteiger partial charge >= 0.3 is 0 Å². The molecule has 0 atom stereocenters. The van der Waals surface area contributed by atoms with Gasteiger partial charge < -0.3 is 11.1 Å². The van der Waals surface area contributed by atoms with Gasteiger partial charge in [0.05, 0.1) is 4.90 Å². The minimum atomic E-state index is -3.85. The molecule has 0 fully saturated rings. The highest BCUT2D eigenvalue weighted by atomic mass is 32.2. The van der Waals surface area contributed by atoms with E-state index in [1.807, 2.05) is 6.07 Å². The Kier molecular flexibility index (Phi) is 3.93. The molecule has 1 aliphatic heterocycles. The van der Waals surface area contributed by atoms with Gasteiger partial charge in [-0.2, -0.15) is 0 Å². The van der Waals surface area contributed by atoms with Crippen molar-refractivity contribution >= 4 is 27.3 Å². The number of sulfonamides is 1. The minimum Gasteiger partial charge on any atom is -0.399 e. The number of nitrogens with two attached hydrogens (primary N) is 1. The average Bonchev–Trinajstić information content (AvgIpc) is 3.01. The number of hydrazine groups is 1. The molecule has 1 amide bonds. The van der Waals surface area contributed by atoms with E-state index < -0.39 is 15.9 Å². The van der Waals surface area contributed by atoms with Crippen LogP contribution in [-0.4, -0.2) is 20.9 Å². The van der Waals surface area contributed by atoms with Crippen molar-refractivity contribution in [2.24, 2.45) is 0 Å². The molecule has 0 unspecified atom stereocenters. The number of hydrogen-bond donors (Lipinski definition) is 4. The summed E-state index contributed by atoms with van der Waals surface area (Å²) in [7, 11) is -3.85. The Hall–Kier alpha value is -2.58. The molecule has 120 valence electrons. The Morgan fingerprint density at radius 3 is 2.61 bits per heavy atom. The summed E-state index contributed by atoms with van der Waals surface area (Å²) in [5, 5.41) is 3.17. The number of nitrogens with one attached hydrogen (secondary N) is 3. The van der Waals surface area contributed by atoms with E-state index in [1.165, 1.54) is 24.3 Å². The van der Waals surface area contributed by atoms with E-state index in [1.54, 1.807) is 12.1 Å². The molecule has 0 bridgehead atoms. The average molecular weight is 332 g/mol. The monoisotopic (exact) mass is 332 g/mol. The number of hydrogen-bond acceptors (Lipinski definition) is 5. The van der Waals surface area contributed by atoms with Crippen molar-refractivity contribution in [2.45, 2.75) is 11.3 Å². The van der Waals surface area contributed by atoms with Crippen LogP contribution in [0.15, 0.2) is 47.4 Å². The molecule has 0 spiro atoms. The van der Waals surface area contributed by atoms with Crippen LogP contribution in [-0.2, 0) is 16.4 Å². The molecule has 1 heterocycles. The van der Waals surface area contributed by atoms with Crippen LogP contribution in [0.25, 0.3) is 0 Å². The Morgan fingerprint density at radius 2 is 1.87 bits per heavy atom. The summed E-state index contributed by atoms with van der Waals surface area (Å²) in [4.78, 5) is 14.4. The largest absolute Gasteiger partial charge is 0.399 e. The van der Waals surface area contributed by atoms with E-state index in [0.717, 1.165) is 24.2 Å². The van der Waals surface area contributed by atoms with Crippen molar-refractivity contribution in [1.29, 1.82) is 0 Å². The van der Waals surface area contributed by atoms with E-state index in [2.05, 4.69) is 15.6 Å². The van der Waals surface area contributed by atoms with Gasteiger partial charge in [-0.25, -0.2) is 8.42 Å². The second-order valence-corrected chi connectivity index (χ2v) is 6.82. The van der Waals surface area contributed by atoms with Gasteiger partial charge in [-0.3, -0.25) is 10.2 Å². The molecule has 23 heavy (non-hydrogen) atoms. The van der Waals surface area contributed by atoms with Crippen molar-refractivity contribution in [3.8, 4) is 0 Å². The highest BCUT2D eigenvalue weighted by Crippen LogP contribution is 2.25. The van der Waals surface area contributed by atoms with Gasteiger partial charge in [-0.05, 0) is 48.4 Å². The maximum absolute atomic E-state index is 12.3. The van der Waals surface area contributed by atoms with Crippen molar-refractivity contribution in [3.63, 3.8) is 0 Å². The Bertz CT molecular complexity index is 848. The number of rotatable bonds is 4. The van der Waals surface area contributed by atoms with Crippen LogP contribution in [0.3, 0.4) is 0 Å². The lowest BCUT2D eigenvalue weighted by molar-refractivity contribution is 0.0944. The third-order valence-corrected chi connectivity index (χ3v) is 4.86. The van der Waals surface area contributed by atoms with E-state index in [0.29, 0.717) is 11.3 Å². The SMILES string of the molecule is Nc1ccc(S(=O)(=O)NNC(=O)c2cccc3c2CCN3)cc1. The summed E-state index contributed by atoms with van der Waals surface area (Å²) >= 11 is 0. The molecule has 5 N–H and O–H groups in total. The van der Waals surface area contributed by atoms with Gasteiger partial charge in [-0.15, -0.1) is 4.83 Å². The maximum Gasteiger partial charge on any atom is 0.266 e. The lowest BCUT2D eigenvalue weighted by Gasteiger charge is -2.11. The molecule has 8 heteroatoms. The van der Waals surface area contributed by atoms with Gasteiger partial charge in [0.2, 0.25) is 0 Å². The molecule has 0 saturated heterocycles. The number of carbonyl (C=O) groups excluding carboxylic acids is 1. The molecular weight excluding hydrogens is 316 g/mol. The van der Waals surface area contributed by atoms with Crippen LogP contribution in [0.1, 0.15) is 15.9 Å². The normalized spacial score (nSPS) is 13.2. The van der Waals surface area contributed by atoms with Crippen LogP contribution in [0.5, 0.6) is 0 Å². The third-order valence-electron chi connectivity index (χ3n) is 3.60. The van der Waals surface area contributed by atoms with Crippen LogP contribution in [0.2, 0.25) is 0 Å². The van der Waals surface area contributed by atoms with Crippen molar-refractivity contribution in [2.75, 3.05) is 17.6 Å². The molecule has 2 aromatic carbocycles. The van der Waals surface area contributed by atoms with Crippen molar-refractivity contribution in [1.82, 2.24) is 10.3 Å². The van der Waals surface area contributed by atoms with Crippen LogP contribution >= 0.6 is 0 Å². The summed E-state index contributed by atoms with van der Waals surface area (Å²) in [6, 6.07) is 11.0. The van der Waals surface area contributed by atoms with Gasteiger partial charge in [0.25, 0.3) is 15.9 Å². The summed E-state index contributed by atoms with van der Waals surface area (Å²) in [5.41, 5.74) is 10.5. The van der Waals surface area contributed by atoms with Crippen LogP contribution < -0.4 is 21.3 Å².